The molecule has 20 nitrogen and oxygen atoms in total. The van der Waals surface area contributed by atoms with E-state index >= 15 is 0 Å². The quantitative estimate of drug-likeness (QED) is 0.0225. The number of alkyl carbamates (subject to hydrolysis) is 1. The number of phosphoric ester groups is 1. The van der Waals surface area contributed by atoms with Gasteiger partial charge in [0.05, 0.1) is 12.7 Å². The van der Waals surface area contributed by atoms with Gasteiger partial charge in [-0.15, -0.1) is 0 Å². The molecule has 0 radical (unpaired) electrons. The van der Waals surface area contributed by atoms with Crippen molar-refractivity contribution in [3.05, 3.63) is 44.8 Å². The number of hydrogen-bond donors (Lipinski definition) is 6. The summed E-state index contributed by atoms with van der Waals surface area (Å²) in [7, 11) is -11.1. The summed E-state index contributed by atoms with van der Waals surface area (Å²) in [4.78, 5) is 77.0. The zero-order chi connectivity index (χ0) is 43.2. The molecule has 1 aromatic heterocycles. The fraction of sp³-hybridized carbons (Fsp3) is 0.710. The van der Waals surface area contributed by atoms with Gasteiger partial charge in [-0.2, -0.15) is 8.62 Å². The van der Waals surface area contributed by atoms with Crippen LogP contribution in [-0.4, -0.2) is 94.7 Å². The van der Waals surface area contributed by atoms with Gasteiger partial charge in [-0.25, -0.2) is 23.3 Å². The van der Waals surface area contributed by atoms with E-state index in [1.54, 1.807) is 0 Å². The summed E-state index contributed by atoms with van der Waals surface area (Å²) < 4.78 is 71.0. The van der Waals surface area contributed by atoms with Crippen molar-refractivity contribution in [2.24, 2.45) is 0 Å². The molecule has 27 heteroatoms. The van der Waals surface area contributed by atoms with Crippen LogP contribution < -0.4 is 16.6 Å². The monoisotopic (exact) mass is 957 g/mol. The Morgan fingerprint density at radius 3 is 2.41 bits per heavy atom. The fourth-order valence-electron chi connectivity index (χ4n) is 4.96. The molecule has 0 bridgehead atoms. The van der Waals surface area contributed by atoms with Gasteiger partial charge in [0.25, 0.3) is 5.56 Å². The molecule has 2 aliphatic rings. The number of nitrogens with zero attached hydrogens (tertiary/aromatic N) is 1. The van der Waals surface area contributed by atoms with E-state index in [-0.39, 0.29) is 46.1 Å². The van der Waals surface area contributed by atoms with E-state index in [0.717, 1.165) is 36.7 Å². The summed E-state index contributed by atoms with van der Waals surface area (Å²) in [5.74, 6) is 5.73. The van der Waals surface area contributed by atoms with Crippen LogP contribution in [0, 0.1) is 11.8 Å². The SMILES string of the molecule is CC(C)(C)SSCO[C@@H]1C[C@H](n2cc(C#CCOCSSC(C)(C)CNC(=O)OC3CCC=CCCC3)c(=O)[nH]c2=O)O[C@@H]1COP(=O)(O)OP(=O)(O)OP(=O)(O)O. The van der Waals surface area contributed by atoms with Crippen molar-refractivity contribution in [1.29, 1.82) is 0 Å². The lowest BCUT2D eigenvalue weighted by Gasteiger charge is -2.24. The molecule has 1 fully saturated rings. The van der Waals surface area contributed by atoms with Crippen LogP contribution in [0.1, 0.15) is 84.9 Å². The van der Waals surface area contributed by atoms with Crippen LogP contribution in [-0.2, 0) is 45.8 Å². The number of ether oxygens (including phenoxy) is 4. The highest BCUT2D eigenvalue weighted by atomic mass is 33.1. The molecule has 1 aliphatic carbocycles. The van der Waals surface area contributed by atoms with Crippen molar-refractivity contribution in [1.82, 2.24) is 14.9 Å². The number of carbonyl (C=O) groups excluding carboxylic acids is 1. The van der Waals surface area contributed by atoms with Crippen LogP contribution in [0.3, 0.4) is 0 Å². The molecule has 0 saturated carbocycles. The lowest BCUT2D eigenvalue weighted by molar-refractivity contribution is -0.0543. The van der Waals surface area contributed by atoms with Crippen molar-refractivity contribution in [3.63, 3.8) is 0 Å². The van der Waals surface area contributed by atoms with Gasteiger partial charge in [-0.05, 0) is 46.0 Å². The maximum absolute atomic E-state index is 12.9. The third-order valence-corrected chi connectivity index (χ3v) is 17.1. The summed E-state index contributed by atoms with van der Waals surface area (Å²) >= 11 is 0. The smallest absolute Gasteiger partial charge is 0.446 e. The van der Waals surface area contributed by atoms with Crippen LogP contribution in [0.4, 0.5) is 4.79 Å². The van der Waals surface area contributed by atoms with Crippen LogP contribution in [0.25, 0.3) is 0 Å². The number of hydrogen-bond acceptors (Lipinski definition) is 17. The second-order valence-electron chi connectivity index (χ2n) is 14.2. The molecule has 0 aromatic carbocycles. The van der Waals surface area contributed by atoms with E-state index in [4.69, 9.17) is 33.3 Å². The highest BCUT2D eigenvalue weighted by Crippen LogP contribution is 2.66. The van der Waals surface area contributed by atoms with Gasteiger partial charge in [-0.3, -0.25) is 18.9 Å². The third kappa shape index (κ3) is 20.7. The number of rotatable bonds is 20. The van der Waals surface area contributed by atoms with Crippen LogP contribution in [0.5, 0.6) is 0 Å². The third-order valence-electron chi connectivity index (χ3n) is 7.38. The summed E-state index contributed by atoms with van der Waals surface area (Å²) in [6.45, 7) is 9.39. The van der Waals surface area contributed by atoms with E-state index in [1.807, 2.05) is 34.6 Å². The Labute approximate surface area is 351 Å². The van der Waals surface area contributed by atoms with E-state index in [9.17, 15) is 37.9 Å². The molecule has 1 amide bonds. The predicted octanol–water partition coefficient (Wildman–Crippen LogP) is 5.79. The van der Waals surface area contributed by atoms with Crippen molar-refractivity contribution < 1.29 is 70.2 Å². The molecule has 1 saturated heterocycles. The van der Waals surface area contributed by atoms with Gasteiger partial charge < -0.3 is 43.8 Å². The first-order chi connectivity index (χ1) is 26.9. The van der Waals surface area contributed by atoms with Crippen molar-refractivity contribution in [3.8, 4) is 11.8 Å². The second kappa shape index (κ2) is 23.4. The molecule has 3 unspecified atom stereocenters. The number of allylic oxidation sites excluding steroid dienone is 2. The first kappa shape index (κ1) is 51.3. The minimum absolute atomic E-state index is 0.0343. The average Bonchev–Trinajstić information content (AvgIpc) is 3.47. The number of carbonyl (C=O) groups is 1. The summed E-state index contributed by atoms with van der Waals surface area (Å²) in [5.41, 5.74) is -1.74. The largest absolute Gasteiger partial charge is 0.490 e. The minimum atomic E-state index is -5.76. The number of aromatic amines is 1. The average molecular weight is 958 g/mol. The van der Waals surface area contributed by atoms with Crippen molar-refractivity contribution in [2.75, 3.05) is 31.6 Å². The molecule has 3 rings (SSSR count). The molecule has 2 heterocycles. The number of aromatic nitrogens is 2. The van der Waals surface area contributed by atoms with Crippen LogP contribution >= 0.6 is 66.6 Å². The fourth-order valence-corrected chi connectivity index (χ4v) is 12.1. The molecular formula is C31H50N3O17P3S4. The number of nitrogens with one attached hydrogen (secondary N) is 2. The Morgan fingerprint density at radius 2 is 1.71 bits per heavy atom. The Kier molecular flexibility index (Phi) is 20.7. The van der Waals surface area contributed by atoms with E-state index in [1.165, 1.54) is 49.4 Å². The van der Waals surface area contributed by atoms with Gasteiger partial charge in [-0.1, -0.05) is 87.9 Å². The molecule has 6 atom stereocenters. The first-order valence-electron chi connectivity index (χ1n) is 17.6. The molecule has 58 heavy (non-hydrogen) atoms. The number of phosphoric acid groups is 3. The van der Waals surface area contributed by atoms with E-state index in [0.29, 0.717) is 6.54 Å². The molecule has 6 N–H and O–H groups in total. The molecule has 0 spiro atoms. The van der Waals surface area contributed by atoms with Crippen LogP contribution in [0.2, 0.25) is 0 Å². The topological polar surface area (TPSA) is 281 Å². The van der Waals surface area contributed by atoms with Gasteiger partial charge in [0, 0.05) is 28.7 Å². The second-order valence-corrected chi connectivity index (χ2v) is 24.6. The maximum Gasteiger partial charge on any atom is 0.490 e. The first-order valence-corrected chi connectivity index (χ1v) is 26.8. The summed E-state index contributed by atoms with van der Waals surface area (Å²) in [5, 5.41) is 2.84. The van der Waals surface area contributed by atoms with Crippen molar-refractivity contribution >= 4 is 72.7 Å². The van der Waals surface area contributed by atoms with Crippen molar-refractivity contribution in [2.45, 2.75) is 107 Å². The van der Waals surface area contributed by atoms with Gasteiger partial charge in [0.1, 0.15) is 42.5 Å². The van der Waals surface area contributed by atoms with Gasteiger partial charge >= 0.3 is 35.3 Å². The summed E-state index contributed by atoms with van der Waals surface area (Å²) in [6.07, 6.45) is 6.14. The normalized spacial score (nSPS) is 22.5. The summed E-state index contributed by atoms with van der Waals surface area (Å²) in [6, 6.07) is 0. The Balaban J connectivity index is 1.56. The molecule has 1 aliphatic heterocycles. The Hall–Kier alpha value is -1.06. The Morgan fingerprint density at radius 1 is 1.00 bits per heavy atom. The lowest BCUT2D eigenvalue weighted by atomic mass is 10.0. The van der Waals surface area contributed by atoms with E-state index in [2.05, 4.69) is 42.9 Å². The lowest BCUT2D eigenvalue weighted by Crippen LogP contribution is -2.37. The Bertz CT molecular complexity index is 1880. The highest BCUT2D eigenvalue weighted by Gasteiger charge is 2.43. The molecule has 330 valence electrons. The minimum Gasteiger partial charge on any atom is -0.446 e. The highest BCUT2D eigenvalue weighted by molar-refractivity contribution is 8.77. The zero-order valence-corrected chi connectivity index (χ0v) is 38.3. The standard InChI is InChI=1S/C31H50N3O17P3S4/c1-30(2,3)57-56-21-46-24-16-26(49-25(24)18-47-53(41,42)51-54(43,44)50-52(38,39)40)34-17-22(27(35)33-28(34)36)12-11-15-45-20-55-58-31(4,5)19-32-29(37)48-23-13-9-7-6-8-10-14-23/h6-7,17,23-26H,8-10,13-16,18-21H2,1-5H3,(H,32,37)(H,41,42)(H,43,44)(H,33,35,36)(H2,38,39,40)/t23?,24-,25-,26-/m1/s1. The molecule has 1 aromatic rings. The maximum atomic E-state index is 12.9. The number of H-pyrrole nitrogens is 1. The van der Waals surface area contributed by atoms with Gasteiger partial charge in [0.2, 0.25) is 0 Å². The zero-order valence-electron chi connectivity index (χ0n) is 32.3. The predicted molar refractivity (Wildman–Crippen MR) is 222 cm³/mol. The van der Waals surface area contributed by atoms with Gasteiger partial charge in [0.15, 0.2) is 0 Å². The van der Waals surface area contributed by atoms with Crippen LogP contribution in [0.15, 0.2) is 27.9 Å². The van der Waals surface area contributed by atoms with E-state index < -0.39 is 65.9 Å². The molecular weight excluding hydrogens is 908 g/mol. The number of amides is 1.